The lowest BCUT2D eigenvalue weighted by atomic mass is 9.94. The highest BCUT2D eigenvalue weighted by atomic mass is 16.5. The first-order valence-corrected chi connectivity index (χ1v) is 5.31. The van der Waals surface area contributed by atoms with Gasteiger partial charge in [-0.15, -0.1) is 0 Å². The Morgan fingerprint density at radius 2 is 1.88 bits per heavy atom. The number of carbonyl (C=O) groups is 1. The number of hydrogen-bond donors (Lipinski definition) is 0. The van der Waals surface area contributed by atoms with Crippen molar-refractivity contribution in [1.29, 1.82) is 0 Å². The predicted molar refractivity (Wildman–Crippen MR) is 68.0 cm³/mol. The van der Waals surface area contributed by atoms with E-state index in [0.717, 1.165) is 11.8 Å². The zero-order valence-electron chi connectivity index (χ0n) is 9.30. The van der Waals surface area contributed by atoms with Crippen LogP contribution in [0.2, 0.25) is 0 Å². The molecule has 0 saturated heterocycles. The first-order chi connectivity index (χ1) is 8.29. The van der Waals surface area contributed by atoms with Crippen LogP contribution in [0.5, 0.6) is 5.75 Å². The predicted octanol–water partition coefficient (Wildman–Crippen LogP) is 1.87. The van der Waals surface area contributed by atoms with Crippen LogP contribution in [-0.4, -0.2) is 14.1 Å². The fourth-order valence-corrected chi connectivity index (χ4v) is 1.53. The maximum absolute atomic E-state index is 10.9. The van der Waals surface area contributed by atoms with E-state index >= 15 is 0 Å². The van der Waals surface area contributed by atoms with E-state index in [9.17, 15) is 4.79 Å². The number of aldehydes is 1. The summed E-state index contributed by atoms with van der Waals surface area (Å²) in [5, 5.41) is 0. The van der Waals surface area contributed by atoms with Crippen molar-refractivity contribution in [1.82, 2.24) is 0 Å². The average molecular weight is 222 g/mol. The molecule has 2 aromatic carbocycles. The second kappa shape index (κ2) is 5.35. The molecule has 0 saturated carbocycles. The minimum absolute atomic E-state index is 0.436. The Morgan fingerprint density at radius 1 is 1.12 bits per heavy atom. The summed E-state index contributed by atoms with van der Waals surface area (Å²) in [7, 11) is 5.60. The number of rotatable bonds is 4. The van der Waals surface area contributed by atoms with Crippen LogP contribution in [-0.2, 0) is 6.61 Å². The summed E-state index contributed by atoms with van der Waals surface area (Å²) < 4.78 is 5.58. The highest BCUT2D eigenvalue weighted by molar-refractivity contribution is 6.32. The molecule has 0 bridgehead atoms. The fraction of sp³-hybridized carbons (Fsp3) is 0.0714. The van der Waals surface area contributed by atoms with Gasteiger partial charge in [0.2, 0.25) is 0 Å². The molecule has 2 radical (unpaired) electrons. The van der Waals surface area contributed by atoms with Crippen molar-refractivity contribution >= 4 is 19.6 Å². The van der Waals surface area contributed by atoms with Gasteiger partial charge >= 0.3 is 0 Å². The van der Waals surface area contributed by atoms with Crippen LogP contribution in [0.3, 0.4) is 0 Å². The van der Waals surface area contributed by atoms with Crippen LogP contribution in [0.1, 0.15) is 15.9 Å². The molecule has 0 N–H and O–H groups in total. The van der Waals surface area contributed by atoms with Gasteiger partial charge in [0, 0.05) is 0 Å². The van der Waals surface area contributed by atoms with E-state index in [1.165, 1.54) is 0 Å². The van der Waals surface area contributed by atoms with Gasteiger partial charge in [-0.05, 0) is 11.6 Å². The van der Waals surface area contributed by atoms with E-state index in [1.807, 2.05) is 30.3 Å². The van der Waals surface area contributed by atoms with Gasteiger partial charge in [-0.25, -0.2) is 0 Å². The van der Waals surface area contributed by atoms with E-state index in [0.29, 0.717) is 23.4 Å². The van der Waals surface area contributed by atoms with E-state index in [1.54, 1.807) is 18.2 Å². The summed E-state index contributed by atoms with van der Waals surface area (Å²) in [6.07, 6.45) is 0.747. The molecule has 0 aliphatic heterocycles. The number of hydrogen-bond acceptors (Lipinski definition) is 2. The van der Waals surface area contributed by atoms with Gasteiger partial charge in [-0.1, -0.05) is 47.9 Å². The summed E-state index contributed by atoms with van der Waals surface area (Å²) in [6, 6.07) is 14.8. The maximum Gasteiger partial charge on any atom is 0.153 e. The molecule has 0 amide bonds. The van der Waals surface area contributed by atoms with Crippen molar-refractivity contribution in [2.45, 2.75) is 6.61 Å². The van der Waals surface area contributed by atoms with Gasteiger partial charge in [0.25, 0.3) is 0 Å². The van der Waals surface area contributed by atoms with Crippen molar-refractivity contribution in [2.24, 2.45) is 0 Å². The molecule has 0 fully saturated rings. The fourth-order valence-electron chi connectivity index (χ4n) is 1.53. The molecule has 0 aliphatic rings. The number of ether oxygens (including phenoxy) is 1. The molecule has 17 heavy (non-hydrogen) atoms. The molecule has 0 spiro atoms. The zero-order valence-corrected chi connectivity index (χ0v) is 9.30. The van der Waals surface area contributed by atoms with Crippen molar-refractivity contribution in [3.05, 3.63) is 59.7 Å². The molecule has 82 valence electrons. The quantitative estimate of drug-likeness (QED) is 0.583. The Hall–Kier alpha value is -2.03. The lowest BCUT2D eigenvalue weighted by molar-refractivity contribution is 0.111. The zero-order chi connectivity index (χ0) is 12.1. The highest BCUT2D eigenvalue weighted by Crippen LogP contribution is 2.16. The molecule has 2 aromatic rings. The standard InChI is InChI=1S/C14H11BO2/c15-13-6-7-14(12(8-13)9-16)17-10-11-4-2-1-3-5-11/h1-9H,10H2. The average Bonchev–Trinajstić information content (AvgIpc) is 2.38. The minimum atomic E-state index is 0.436. The Bertz CT molecular complexity index is 509. The molecule has 2 nitrogen and oxygen atoms in total. The van der Waals surface area contributed by atoms with Crippen LogP contribution >= 0.6 is 0 Å². The van der Waals surface area contributed by atoms with Crippen molar-refractivity contribution in [3.63, 3.8) is 0 Å². The monoisotopic (exact) mass is 222 g/mol. The molecule has 0 atom stereocenters. The summed E-state index contributed by atoms with van der Waals surface area (Å²) >= 11 is 0. The van der Waals surface area contributed by atoms with E-state index in [-0.39, 0.29) is 0 Å². The molecule has 0 unspecified atom stereocenters. The summed E-state index contributed by atoms with van der Waals surface area (Å²) in [4.78, 5) is 10.9. The van der Waals surface area contributed by atoms with Gasteiger partial charge in [0.15, 0.2) is 6.29 Å². The topological polar surface area (TPSA) is 26.3 Å². The van der Waals surface area contributed by atoms with Crippen LogP contribution in [0.15, 0.2) is 48.5 Å². The second-order valence-electron chi connectivity index (χ2n) is 3.69. The van der Waals surface area contributed by atoms with Crippen LogP contribution in [0.25, 0.3) is 0 Å². The molecule has 0 aliphatic carbocycles. The van der Waals surface area contributed by atoms with Gasteiger partial charge in [0.05, 0.1) is 5.56 Å². The van der Waals surface area contributed by atoms with Gasteiger partial charge in [-0.2, -0.15) is 0 Å². The molecular weight excluding hydrogens is 211 g/mol. The third-order valence-electron chi connectivity index (χ3n) is 2.40. The lowest BCUT2D eigenvalue weighted by Gasteiger charge is -2.09. The Morgan fingerprint density at radius 3 is 2.59 bits per heavy atom. The molecule has 0 aromatic heterocycles. The van der Waals surface area contributed by atoms with Crippen molar-refractivity contribution in [2.75, 3.05) is 0 Å². The van der Waals surface area contributed by atoms with E-state index in [4.69, 9.17) is 12.6 Å². The Kier molecular flexibility index (Phi) is 3.60. The first-order valence-electron chi connectivity index (χ1n) is 5.31. The molecule has 2 rings (SSSR count). The van der Waals surface area contributed by atoms with Gasteiger partial charge in [0.1, 0.15) is 20.2 Å². The Balaban J connectivity index is 2.11. The number of benzene rings is 2. The second-order valence-corrected chi connectivity index (χ2v) is 3.69. The van der Waals surface area contributed by atoms with Gasteiger partial charge in [-0.3, -0.25) is 4.79 Å². The SMILES string of the molecule is [B]c1ccc(OCc2ccccc2)c(C=O)c1. The van der Waals surface area contributed by atoms with Crippen LogP contribution < -0.4 is 10.2 Å². The first kappa shape index (κ1) is 11.5. The van der Waals surface area contributed by atoms with Crippen LogP contribution in [0, 0.1) is 0 Å². The van der Waals surface area contributed by atoms with Gasteiger partial charge < -0.3 is 4.74 Å². The van der Waals surface area contributed by atoms with E-state index < -0.39 is 0 Å². The lowest BCUT2D eigenvalue weighted by Crippen LogP contribution is -2.05. The third kappa shape index (κ3) is 2.97. The van der Waals surface area contributed by atoms with E-state index in [2.05, 4.69) is 0 Å². The molecule has 0 heterocycles. The molecule has 3 heteroatoms. The largest absolute Gasteiger partial charge is 0.488 e. The number of carbonyl (C=O) groups excluding carboxylic acids is 1. The summed E-state index contributed by atoms with van der Waals surface area (Å²) in [6.45, 7) is 0.436. The smallest absolute Gasteiger partial charge is 0.153 e. The summed E-state index contributed by atoms with van der Waals surface area (Å²) in [5.41, 5.74) is 2.08. The van der Waals surface area contributed by atoms with Crippen molar-refractivity contribution < 1.29 is 9.53 Å². The minimum Gasteiger partial charge on any atom is -0.488 e. The third-order valence-corrected chi connectivity index (χ3v) is 2.40. The van der Waals surface area contributed by atoms with Crippen LogP contribution in [0.4, 0.5) is 0 Å². The molecular formula is C14H11BO2. The van der Waals surface area contributed by atoms with Crippen molar-refractivity contribution in [3.8, 4) is 5.75 Å². The summed E-state index contributed by atoms with van der Waals surface area (Å²) in [5.74, 6) is 0.554. The highest BCUT2D eigenvalue weighted by Gasteiger charge is 2.03. The maximum atomic E-state index is 10.9. The normalized spacial score (nSPS) is 9.88. The Labute approximate surface area is 102 Å².